The van der Waals surface area contributed by atoms with Gasteiger partial charge in [0.25, 0.3) is 10.1 Å². The molecule has 0 amide bonds. The number of anilines is 1. The summed E-state index contributed by atoms with van der Waals surface area (Å²) < 4.78 is 32.9. The number of halogens is 1. The topological polar surface area (TPSA) is 114 Å². The molecule has 0 unspecified atom stereocenters. The van der Waals surface area contributed by atoms with Gasteiger partial charge in [-0.3, -0.25) is 23.7 Å². The Kier molecular flexibility index (Phi) is 8.67. The van der Waals surface area contributed by atoms with Crippen LogP contribution in [0.15, 0.2) is 101 Å². The Balaban J connectivity index is 0.000000288. The lowest BCUT2D eigenvalue weighted by atomic mass is 10.0. The van der Waals surface area contributed by atoms with Crippen molar-refractivity contribution in [3.63, 3.8) is 0 Å². The van der Waals surface area contributed by atoms with E-state index >= 15 is 0 Å². The number of aromatic nitrogens is 4. The number of imidazole rings is 1. The van der Waals surface area contributed by atoms with Gasteiger partial charge in [-0.15, -0.1) is 0 Å². The predicted octanol–water partition coefficient (Wildman–Crippen LogP) is 5.59. The molecule has 4 heterocycles. The first kappa shape index (κ1) is 31.4. The molecule has 1 saturated heterocycles. The van der Waals surface area contributed by atoms with Crippen molar-refractivity contribution in [2.24, 2.45) is 7.05 Å². The van der Waals surface area contributed by atoms with E-state index in [0.29, 0.717) is 5.02 Å². The smallest absolute Gasteiger partial charge is 0.333 e. The Hall–Kier alpha value is -4.55. The third kappa shape index (κ3) is 6.27. The van der Waals surface area contributed by atoms with Gasteiger partial charge in [0, 0.05) is 56.6 Å². The van der Waals surface area contributed by atoms with Crippen molar-refractivity contribution < 1.29 is 13.0 Å². The zero-order valence-corrected chi connectivity index (χ0v) is 27.2. The summed E-state index contributed by atoms with van der Waals surface area (Å²) in [4.78, 5) is 26.9. The molecule has 46 heavy (non-hydrogen) atoms. The minimum Gasteiger partial charge on any atom is -0.368 e. The second-order valence-electron chi connectivity index (χ2n) is 11.4. The largest absolute Gasteiger partial charge is 0.368 e. The summed E-state index contributed by atoms with van der Waals surface area (Å²) in [6.45, 7) is 5.69. The predicted molar refractivity (Wildman–Crippen MR) is 183 cm³/mol. The first-order valence-electron chi connectivity index (χ1n) is 14.7. The van der Waals surface area contributed by atoms with Crippen LogP contribution in [0.4, 0.5) is 5.69 Å². The molecule has 0 aliphatic carbocycles. The molecule has 1 aliphatic heterocycles. The van der Waals surface area contributed by atoms with E-state index in [9.17, 15) is 13.2 Å². The third-order valence-electron chi connectivity index (χ3n) is 8.23. The fourth-order valence-corrected chi connectivity index (χ4v) is 6.37. The van der Waals surface area contributed by atoms with Gasteiger partial charge in [0.1, 0.15) is 0 Å². The summed E-state index contributed by atoms with van der Waals surface area (Å²) >= 11 is 6.79. The van der Waals surface area contributed by atoms with Crippen LogP contribution in [0.2, 0.25) is 5.02 Å². The number of fused-ring (bicyclic) bond motifs is 3. The minimum absolute atomic E-state index is 0.0666. The lowest BCUT2D eigenvalue weighted by molar-refractivity contribution is 0.313. The van der Waals surface area contributed by atoms with Crippen molar-refractivity contribution in [1.29, 1.82) is 0 Å². The Morgan fingerprint density at radius 1 is 0.870 bits per heavy atom. The highest BCUT2D eigenvalue weighted by Crippen LogP contribution is 2.33. The summed E-state index contributed by atoms with van der Waals surface area (Å²) in [6, 6.07) is 21.9. The average molecular weight is 657 g/mol. The van der Waals surface area contributed by atoms with Gasteiger partial charge in [-0.05, 0) is 68.1 Å². The van der Waals surface area contributed by atoms with Gasteiger partial charge in [0.15, 0.2) is 0 Å². The minimum atomic E-state index is -4.02. The highest BCUT2D eigenvalue weighted by Gasteiger charge is 2.20. The van der Waals surface area contributed by atoms with Crippen molar-refractivity contribution in [2.75, 3.05) is 38.1 Å². The van der Waals surface area contributed by atoms with Crippen LogP contribution >= 0.6 is 11.6 Å². The van der Waals surface area contributed by atoms with Crippen LogP contribution in [0.5, 0.6) is 0 Å². The maximum atomic E-state index is 13.5. The molecule has 3 aromatic heterocycles. The standard InChI is InChI=1S/C27H25ClN6O.C7H8O3S/c1-31-10-12-33(13-11-31)24-8-6-20(15-22(24)28)34-26-21-14-18(19-4-3-9-29-16-19)5-7-23(21)30-17-25(26)32(2)27(34)35;1-6-2-4-7(5-3-6)11(8,9)10/h3-9,14-17H,10-13H2,1-2H3;2-5H,1H3,(H,8,9,10). The molecule has 1 aliphatic rings. The van der Waals surface area contributed by atoms with E-state index in [2.05, 4.69) is 32.9 Å². The number of likely N-dealkylation sites (N-methyl/N-ethyl adjacent to an activating group) is 1. The van der Waals surface area contributed by atoms with Crippen LogP contribution in [-0.4, -0.2) is 70.2 Å². The second-order valence-corrected chi connectivity index (χ2v) is 13.2. The molecular formula is C34H33ClN6O4S. The zero-order chi connectivity index (χ0) is 32.6. The average Bonchev–Trinajstić information content (AvgIpc) is 3.31. The van der Waals surface area contributed by atoms with Crippen LogP contribution in [-0.2, 0) is 17.2 Å². The molecule has 0 saturated carbocycles. The summed E-state index contributed by atoms with van der Waals surface area (Å²) in [7, 11) is -0.109. The third-order valence-corrected chi connectivity index (χ3v) is 9.40. The van der Waals surface area contributed by atoms with Crippen molar-refractivity contribution in [3.05, 3.63) is 112 Å². The number of hydrogen-bond acceptors (Lipinski definition) is 7. The van der Waals surface area contributed by atoms with Gasteiger partial charge in [0.2, 0.25) is 0 Å². The van der Waals surface area contributed by atoms with Gasteiger partial charge in [0.05, 0.1) is 44.0 Å². The lowest BCUT2D eigenvalue weighted by Crippen LogP contribution is -2.44. The van der Waals surface area contributed by atoms with Gasteiger partial charge < -0.3 is 9.80 Å². The monoisotopic (exact) mass is 656 g/mol. The summed E-state index contributed by atoms with van der Waals surface area (Å²) in [5.41, 5.74) is 7.00. The summed E-state index contributed by atoms with van der Waals surface area (Å²) in [5, 5.41) is 1.55. The van der Waals surface area contributed by atoms with Crippen LogP contribution < -0.4 is 10.6 Å². The molecule has 0 spiro atoms. The van der Waals surface area contributed by atoms with E-state index in [1.54, 1.807) is 40.7 Å². The number of aryl methyl sites for hydroxylation is 2. The molecule has 7 rings (SSSR count). The van der Waals surface area contributed by atoms with E-state index in [1.165, 1.54) is 12.1 Å². The maximum absolute atomic E-state index is 13.5. The number of piperazine rings is 1. The molecule has 0 radical (unpaired) electrons. The second kappa shape index (κ2) is 12.7. The van der Waals surface area contributed by atoms with Crippen molar-refractivity contribution in [3.8, 4) is 16.8 Å². The molecule has 1 fully saturated rings. The molecule has 10 nitrogen and oxygen atoms in total. The zero-order valence-electron chi connectivity index (χ0n) is 25.6. The molecule has 3 aromatic carbocycles. The maximum Gasteiger partial charge on any atom is 0.333 e. The Morgan fingerprint density at radius 2 is 1.61 bits per heavy atom. The number of rotatable bonds is 4. The highest BCUT2D eigenvalue weighted by atomic mass is 35.5. The van der Waals surface area contributed by atoms with Crippen LogP contribution in [0.1, 0.15) is 5.56 Å². The van der Waals surface area contributed by atoms with Gasteiger partial charge in [-0.25, -0.2) is 4.79 Å². The Labute approximate surface area is 271 Å². The van der Waals surface area contributed by atoms with Gasteiger partial charge in [-0.1, -0.05) is 41.4 Å². The lowest BCUT2D eigenvalue weighted by Gasteiger charge is -2.34. The molecule has 236 valence electrons. The van der Waals surface area contributed by atoms with Crippen molar-refractivity contribution in [1.82, 2.24) is 24.0 Å². The van der Waals surface area contributed by atoms with E-state index in [1.807, 2.05) is 55.6 Å². The van der Waals surface area contributed by atoms with E-state index in [4.69, 9.17) is 16.2 Å². The van der Waals surface area contributed by atoms with Crippen molar-refractivity contribution in [2.45, 2.75) is 11.8 Å². The van der Waals surface area contributed by atoms with E-state index in [-0.39, 0.29) is 10.6 Å². The van der Waals surface area contributed by atoms with Gasteiger partial charge >= 0.3 is 5.69 Å². The number of hydrogen-bond donors (Lipinski definition) is 1. The first-order chi connectivity index (χ1) is 22.0. The number of nitrogens with zero attached hydrogens (tertiary/aromatic N) is 6. The van der Waals surface area contributed by atoms with Crippen LogP contribution in [0.3, 0.4) is 0 Å². The molecule has 6 aromatic rings. The normalized spacial score (nSPS) is 14.0. The van der Waals surface area contributed by atoms with Crippen LogP contribution in [0.25, 0.3) is 38.8 Å². The van der Waals surface area contributed by atoms with Gasteiger partial charge in [-0.2, -0.15) is 8.42 Å². The van der Waals surface area contributed by atoms with E-state index < -0.39 is 10.1 Å². The molecular weight excluding hydrogens is 624 g/mol. The number of pyridine rings is 2. The Bertz CT molecular complexity index is 2210. The molecule has 12 heteroatoms. The quantitative estimate of drug-likeness (QED) is 0.245. The van der Waals surface area contributed by atoms with Crippen LogP contribution in [0, 0.1) is 6.92 Å². The highest BCUT2D eigenvalue weighted by molar-refractivity contribution is 7.85. The number of benzene rings is 3. The fraction of sp³-hybridized carbons (Fsp3) is 0.206. The van der Waals surface area contributed by atoms with Crippen molar-refractivity contribution >= 4 is 49.3 Å². The SMILES string of the molecule is CN1CCN(c2ccc(-n3c(=O)n(C)c4cnc5ccc(-c6cccnc6)cc5c43)cc2Cl)CC1.Cc1ccc(S(=O)(=O)O)cc1. The molecule has 0 atom stereocenters. The fourth-order valence-electron chi connectivity index (χ4n) is 5.60. The summed E-state index contributed by atoms with van der Waals surface area (Å²) in [6.07, 6.45) is 5.36. The molecule has 0 bridgehead atoms. The van der Waals surface area contributed by atoms with E-state index in [0.717, 1.165) is 76.2 Å². The Morgan fingerprint density at radius 3 is 2.26 bits per heavy atom. The summed E-state index contributed by atoms with van der Waals surface area (Å²) in [5.74, 6) is 0. The first-order valence-corrected chi connectivity index (χ1v) is 16.5. The molecule has 1 N–H and O–H groups in total.